The maximum atomic E-state index is 13.8. The predicted molar refractivity (Wildman–Crippen MR) is 127 cm³/mol. The van der Waals surface area contributed by atoms with Crippen molar-refractivity contribution >= 4 is 11.6 Å². The van der Waals surface area contributed by atoms with Crippen molar-refractivity contribution in [3.63, 3.8) is 0 Å². The fourth-order valence-corrected chi connectivity index (χ4v) is 4.73. The van der Waals surface area contributed by atoms with Crippen LogP contribution in [0.15, 0.2) is 42.5 Å². The lowest BCUT2D eigenvalue weighted by Crippen LogP contribution is -2.39. The smallest absolute Gasteiger partial charge is 0.234 e. The van der Waals surface area contributed by atoms with E-state index in [1.165, 1.54) is 50.5 Å². The summed E-state index contributed by atoms with van der Waals surface area (Å²) in [4.78, 5) is 13.8. The van der Waals surface area contributed by atoms with Crippen LogP contribution in [-0.2, 0) is 10.2 Å². The summed E-state index contributed by atoms with van der Waals surface area (Å²) in [5, 5.41) is 3.16. The van der Waals surface area contributed by atoms with E-state index >= 15 is 0 Å². The third kappa shape index (κ3) is 6.03. The maximum Gasteiger partial charge on any atom is 0.234 e. The third-order valence-electron chi connectivity index (χ3n) is 6.72. The molecule has 1 N–H and O–H groups in total. The summed E-state index contributed by atoms with van der Waals surface area (Å²) in [5.41, 5.74) is 2.37. The van der Waals surface area contributed by atoms with E-state index in [4.69, 9.17) is 9.47 Å². The van der Waals surface area contributed by atoms with E-state index in [0.717, 1.165) is 12.0 Å². The number of carbonyl (C=O) groups is 1. The molecule has 3 rings (SSSR count). The first kappa shape index (κ1) is 23.2. The molecular weight excluding hydrogens is 386 g/mol. The first-order chi connectivity index (χ1) is 14.9. The molecule has 0 heterocycles. The Balaban J connectivity index is 1.89. The molecule has 0 spiro atoms. The SMILES string of the molecule is COc1cc(NC(=O)C(C)(CC2CCCCCCC2)c2ccc(C)cc2)cc(OC)c1. The van der Waals surface area contributed by atoms with E-state index in [1.54, 1.807) is 14.2 Å². The highest BCUT2D eigenvalue weighted by Gasteiger charge is 2.37. The van der Waals surface area contributed by atoms with Crippen LogP contribution in [0.1, 0.15) is 69.4 Å². The summed E-state index contributed by atoms with van der Waals surface area (Å²) in [6.45, 7) is 4.18. The summed E-state index contributed by atoms with van der Waals surface area (Å²) in [7, 11) is 3.23. The van der Waals surface area contributed by atoms with Gasteiger partial charge < -0.3 is 14.8 Å². The molecule has 0 bridgehead atoms. The topological polar surface area (TPSA) is 47.6 Å². The van der Waals surface area contributed by atoms with Gasteiger partial charge in [-0.05, 0) is 31.7 Å². The average molecular weight is 424 g/mol. The normalized spacial score (nSPS) is 17.2. The number of nitrogens with one attached hydrogen (secondary N) is 1. The molecular formula is C27H37NO3. The van der Waals surface area contributed by atoms with E-state index in [1.807, 2.05) is 18.2 Å². The average Bonchev–Trinajstić information content (AvgIpc) is 2.75. The molecule has 1 aliphatic rings. The lowest BCUT2D eigenvalue weighted by atomic mass is 9.71. The second-order valence-electron chi connectivity index (χ2n) is 9.17. The minimum atomic E-state index is -0.603. The van der Waals surface area contributed by atoms with Gasteiger partial charge in [-0.3, -0.25) is 4.79 Å². The highest BCUT2D eigenvalue weighted by Crippen LogP contribution is 2.38. The summed E-state index contributed by atoms with van der Waals surface area (Å²) < 4.78 is 10.8. The lowest BCUT2D eigenvalue weighted by Gasteiger charge is -2.34. The minimum absolute atomic E-state index is 0.0220. The number of anilines is 1. The van der Waals surface area contributed by atoms with Gasteiger partial charge in [0.25, 0.3) is 0 Å². The number of benzene rings is 2. The van der Waals surface area contributed by atoms with Gasteiger partial charge in [-0.2, -0.15) is 0 Å². The van der Waals surface area contributed by atoms with Gasteiger partial charge in [0.15, 0.2) is 0 Å². The van der Waals surface area contributed by atoms with Crippen molar-refractivity contribution in [2.24, 2.45) is 5.92 Å². The van der Waals surface area contributed by atoms with Gasteiger partial charge in [-0.15, -0.1) is 0 Å². The van der Waals surface area contributed by atoms with E-state index in [2.05, 4.69) is 43.4 Å². The van der Waals surface area contributed by atoms with E-state index < -0.39 is 5.41 Å². The number of carbonyl (C=O) groups excluding carboxylic acids is 1. The monoisotopic (exact) mass is 423 g/mol. The molecule has 1 unspecified atom stereocenters. The summed E-state index contributed by atoms with van der Waals surface area (Å²) in [5.74, 6) is 1.91. The molecule has 4 heteroatoms. The first-order valence-electron chi connectivity index (χ1n) is 11.6. The Bertz CT molecular complexity index is 831. The van der Waals surface area contributed by atoms with Crippen LogP contribution in [0.2, 0.25) is 0 Å². The molecule has 31 heavy (non-hydrogen) atoms. The van der Waals surface area contributed by atoms with Gasteiger partial charge >= 0.3 is 0 Å². The molecule has 1 saturated carbocycles. The summed E-state index contributed by atoms with van der Waals surface area (Å²) in [6.07, 6.45) is 9.79. The van der Waals surface area contributed by atoms with Gasteiger partial charge in [-0.25, -0.2) is 0 Å². The van der Waals surface area contributed by atoms with Crippen LogP contribution in [-0.4, -0.2) is 20.1 Å². The quantitative estimate of drug-likeness (QED) is 0.542. The van der Waals surface area contributed by atoms with E-state index in [0.29, 0.717) is 23.1 Å². The van der Waals surface area contributed by atoms with Crippen LogP contribution >= 0.6 is 0 Å². The van der Waals surface area contributed by atoms with Gasteiger partial charge in [0.1, 0.15) is 11.5 Å². The number of rotatable bonds is 7. The molecule has 2 aromatic carbocycles. The molecule has 1 fully saturated rings. The van der Waals surface area contributed by atoms with Crippen LogP contribution in [0.25, 0.3) is 0 Å². The Morgan fingerprint density at radius 3 is 2.03 bits per heavy atom. The van der Waals surface area contributed by atoms with Crippen molar-refractivity contribution in [2.45, 2.75) is 70.6 Å². The number of amides is 1. The molecule has 0 saturated heterocycles. The van der Waals surface area contributed by atoms with Crippen LogP contribution in [0.4, 0.5) is 5.69 Å². The standard InChI is InChI=1S/C27H37NO3/c1-20-12-14-22(15-13-20)27(2,19-21-10-8-6-5-7-9-11-21)26(29)28-23-16-24(30-3)18-25(17-23)31-4/h12-18,21H,5-11,19H2,1-4H3,(H,28,29). The van der Waals surface area contributed by atoms with Crippen LogP contribution in [0.5, 0.6) is 11.5 Å². The molecule has 0 radical (unpaired) electrons. The maximum absolute atomic E-state index is 13.8. The summed E-state index contributed by atoms with van der Waals surface area (Å²) in [6, 6.07) is 13.9. The van der Waals surface area contributed by atoms with Crippen LogP contribution < -0.4 is 14.8 Å². The van der Waals surface area contributed by atoms with Crippen molar-refractivity contribution in [3.05, 3.63) is 53.6 Å². The fraction of sp³-hybridized carbons (Fsp3) is 0.519. The number of ether oxygens (including phenoxy) is 2. The van der Waals surface area contributed by atoms with Crippen LogP contribution in [0, 0.1) is 12.8 Å². The number of hydrogen-bond donors (Lipinski definition) is 1. The molecule has 0 aliphatic heterocycles. The van der Waals surface area contributed by atoms with Crippen molar-refractivity contribution in [2.75, 3.05) is 19.5 Å². The van der Waals surface area contributed by atoms with Crippen LogP contribution in [0.3, 0.4) is 0 Å². The Labute approximate surface area is 187 Å². The predicted octanol–water partition coefficient (Wildman–Crippen LogP) is 6.66. The molecule has 4 nitrogen and oxygen atoms in total. The molecule has 1 atom stereocenters. The summed E-state index contributed by atoms with van der Waals surface area (Å²) >= 11 is 0. The molecule has 0 aromatic heterocycles. The Morgan fingerprint density at radius 1 is 0.935 bits per heavy atom. The Kier molecular flexibility index (Phi) is 8.00. The highest BCUT2D eigenvalue weighted by atomic mass is 16.5. The largest absolute Gasteiger partial charge is 0.497 e. The van der Waals surface area contributed by atoms with Gasteiger partial charge in [0.05, 0.1) is 19.6 Å². The zero-order valence-electron chi connectivity index (χ0n) is 19.5. The van der Waals surface area contributed by atoms with Crippen molar-refractivity contribution < 1.29 is 14.3 Å². The van der Waals surface area contributed by atoms with E-state index in [9.17, 15) is 4.79 Å². The third-order valence-corrected chi connectivity index (χ3v) is 6.72. The Hall–Kier alpha value is -2.49. The fourth-order valence-electron chi connectivity index (χ4n) is 4.73. The van der Waals surface area contributed by atoms with Crippen molar-refractivity contribution in [1.29, 1.82) is 0 Å². The zero-order chi connectivity index (χ0) is 22.3. The first-order valence-corrected chi connectivity index (χ1v) is 11.6. The molecule has 168 valence electrons. The molecule has 1 amide bonds. The minimum Gasteiger partial charge on any atom is -0.497 e. The molecule has 2 aromatic rings. The molecule has 1 aliphatic carbocycles. The zero-order valence-corrected chi connectivity index (χ0v) is 19.5. The number of hydrogen-bond acceptors (Lipinski definition) is 3. The number of methoxy groups -OCH3 is 2. The second-order valence-corrected chi connectivity index (χ2v) is 9.17. The van der Waals surface area contributed by atoms with Crippen molar-refractivity contribution in [3.8, 4) is 11.5 Å². The Morgan fingerprint density at radius 2 is 1.48 bits per heavy atom. The van der Waals surface area contributed by atoms with Gasteiger partial charge in [-0.1, -0.05) is 74.8 Å². The number of aryl methyl sites for hydroxylation is 1. The van der Waals surface area contributed by atoms with E-state index in [-0.39, 0.29) is 5.91 Å². The van der Waals surface area contributed by atoms with Gasteiger partial charge in [0.2, 0.25) is 5.91 Å². The second kappa shape index (κ2) is 10.7. The van der Waals surface area contributed by atoms with Crippen molar-refractivity contribution in [1.82, 2.24) is 0 Å². The highest BCUT2D eigenvalue weighted by molar-refractivity contribution is 5.99. The lowest BCUT2D eigenvalue weighted by molar-refractivity contribution is -0.121. The van der Waals surface area contributed by atoms with Gasteiger partial charge in [0, 0.05) is 23.9 Å².